The Bertz CT molecular complexity index is 3040. The van der Waals surface area contributed by atoms with Gasteiger partial charge >= 0.3 is 11.9 Å². The molecule has 0 spiro atoms. The Morgan fingerprint density at radius 2 is 1.34 bits per heavy atom. The number of nitrogens with one attached hydrogen (secondary N) is 7. The van der Waals surface area contributed by atoms with Gasteiger partial charge in [0.05, 0.1) is 56.5 Å². The second kappa shape index (κ2) is 37.7. The van der Waals surface area contributed by atoms with Crippen LogP contribution in [0.5, 0.6) is 5.75 Å². The van der Waals surface area contributed by atoms with E-state index >= 15 is 0 Å². The number of pyridine rings is 1. The van der Waals surface area contributed by atoms with E-state index < -0.39 is 51.9 Å². The fraction of sp³-hybridized carbons (Fsp3) is 0.593. The first-order valence-corrected chi connectivity index (χ1v) is 31.4. The summed E-state index contributed by atoms with van der Waals surface area (Å²) in [5.74, 6) is -3.08. The van der Waals surface area contributed by atoms with Gasteiger partial charge in [0.1, 0.15) is 23.4 Å². The number of carboxylic acids is 2. The van der Waals surface area contributed by atoms with E-state index in [0.717, 1.165) is 38.3 Å². The molecule has 29 heteroatoms. The molecular formula is C59H91N13O15S. The number of imidazole rings is 1. The van der Waals surface area contributed by atoms with Crippen LogP contribution in [-0.4, -0.2) is 245 Å². The zero-order chi connectivity index (χ0) is 64.0. The van der Waals surface area contributed by atoms with Crippen molar-refractivity contribution in [2.45, 2.75) is 83.3 Å². The van der Waals surface area contributed by atoms with Crippen molar-refractivity contribution in [1.82, 2.24) is 60.1 Å². The van der Waals surface area contributed by atoms with Gasteiger partial charge in [0.2, 0.25) is 33.2 Å². The van der Waals surface area contributed by atoms with Gasteiger partial charge in [-0.05, 0) is 94.1 Å². The highest BCUT2D eigenvalue weighted by Crippen LogP contribution is 2.26. The van der Waals surface area contributed by atoms with E-state index in [1.165, 1.54) is 32.2 Å². The predicted octanol–water partition coefficient (Wildman–Crippen LogP) is 0.724. The first-order valence-electron chi connectivity index (χ1n) is 29.9. The van der Waals surface area contributed by atoms with Crippen LogP contribution in [0.4, 0.5) is 5.95 Å². The summed E-state index contributed by atoms with van der Waals surface area (Å²) in [5, 5.41) is 33.8. The largest absolute Gasteiger partial charge is 0.494 e. The molecule has 0 radical (unpaired) electrons. The maximum Gasteiger partial charge on any atom is 0.323 e. The number of aromatic amines is 1. The fourth-order valence-corrected chi connectivity index (χ4v) is 11.3. The van der Waals surface area contributed by atoms with Crippen molar-refractivity contribution in [3.63, 3.8) is 0 Å². The third-order valence-electron chi connectivity index (χ3n) is 14.6. The molecule has 0 aliphatic carbocycles. The van der Waals surface area contributed by atoms with Crippen molar-refractivity contribution < 1.29 is 66.3 Å². The maximum absolute atomic E-state index is 13.6. The average Bonchev–Trinajstić information content (AvgIpc) is 3.33. The van der Waals surface area contributed by atoms with E-state index in [1.807, 2.05) is 16.7 Å². The van der Waals surface area contributed by atoms with Gasteiger partial charge in [-0.25, -0.2) is 13.4 Å². The van der Waals surface area contributed by atoms with E-state index in [2.05, 4.69) is 65.0 Å². The van der Waals surface area contributed by atoms with Gasteiger partial charge in [0, 0.05) is 129 Å². The van der Waals surface area contributed by atoms with Crippen LogP contribution in [0.3, 0.4) is 0 Å². The first-order chi connectivity index (χ1) is 42.2. The average molecular weight is 1250 g/mol. The van der Waals surface area contributed by atoms with Crippen molar-refractivity contribution in [2.75, 3.05) is 150 Å². The number of anilines is 1. The van der Waals surface area contributed by atoms with Gasteiger partial charge < -0.3 is 75.1 Å². The topological polar surface area (TPSA) is 350 Å². The van der Waals surface area contributed by atoms with Gasteiger partial charge in [-0.3, -0.25) is 43.4 Å². The summed E-state index contributed by atoms with van der Waals surface area (Å²) in [6.07, 6.45) is 6.77. The Hall–Kier alpha value is -7.09. The van der Waals surface area contributed by atoms with Crippen molar-refractivity contribution in [3.05, 3.63) is 81.4 Å². The highest BCUT2D eigenvalue weighted by molar-refractivity contribution is 7.89. The number of H-pyrrole nitrogens is 1. The number of hydrogen-bond donors (Lipinski definition) is 9. The van der Waals surface area contributed by atoms with Gasteiger partial charge in [-0.1, -0.05) is 19.9 Å². The van der Waals surface area contributed by atoms with Gasteiger partial charge in [-0.15, -0.1) is 0 Å². The van der Waals surface area contributed by atoms with E-state index in [1.54, 1.807) is 42.2 Å². The van der Waals surface area contributed by atoms with Crippen LogP contribution >= 0.6 is 0 Å². The quantitative estimate of drug-likeness (QED) is 0.0281. The zero-order valence-electron chi connectivity index (χ0n) is 51.7. The number of sulfonamides is 1. The van der Waals surface area contributed by atoms with E-state index in [0.29, 0.717) is 128 Å². The Kier molecular flexibility index (Phi) is 30.7. The van der Waals surface area contributed by atoms with Crippen LogP contribution in [-0.2, 0) is 61.8 Å². The smallest absolute Gasteiger partial charge is 0.323 e. The number of likely N-dealkylation sites (N-methyl/N-ethyl adjacent to an activating group) is 2. The number of fused-ring (bicyclic) bond motifs is 1. The maximum atomic E-state index is 13.6. The number of rotatable bonds is 37. The molecule has 2 aromatic carbocycles. The lowest BCUT2D eigenvalue weighted by atomic mass is 10.1. The normalized spacial score (nSPS) is 14.9. The molecule has 1 saturated heterocycles. The van der Waals surface area contributed by atoms with Crippen molar-refractivity contribution >= 4 is 62.4 Å². The first kappa shape index (κ1) is 71.7. The molecule has 1 aliphatic rings. The van der Waals surface area contributed by atoms with Gasteiger partial charge in [-0.2, -0.15) is 4.72 Å². The number of ether oxygens (including phenoxy) is 4. The lowest BCUT2D eigenvalue weighted by Crippen LogP contribution is -2.51. The van der Waals surface area contributed by atoms with E-state index in [4.69, 9.17) is 18.9 Å². The number of carboxylic acid groups (broad SMARTS) is 2. The number of aromatic nitrogens is 3. The summed E-state index contributed by atoms with van der Waals surface area (Å²) < 4.78 is 53.7. The molecule has 0 bridgehead atoms. The van der Waals surface area contributed by atoms with Crippen LogP contribution in [0.1, 0.15) is 73.0 Å². The third kappa shape index (κ3) is 24.8. The molecule has 488 valence electrons. The molecule has 3 heterocycles. The molecule has 0 saturated carbocycles. The Balaban J connectivity index is 0.882. The Labute approximate surface area is 514 Å². The number of benzene rings is 2. The summed E-state index contributed by atoms with van der Waals surface area (Å²) in [6, 6.07) is 5.66. The molecule has 9 N–H and O–H groups in total. The SMILES string of the molecule is CC[C@@H](NC(=O)CN1CCN(C)CCN(CC)CCN(CC(=O)O)CC1)C(=O)NCCCOCCOCCOCCCNC(=O)CCCOc1cc(C)c(S(=O)(=O)NC(CNC(=O)c2cn(C)c3cc(CNc4ncc[nH]4)ccc3c2=O)C(=O)O)c(C)c1. The third-order valence-corrected chi connectivity index (χ3v) is 16.4. The predicted molar refractivity (Wildman–Crippen MR) is 330 cm³/mol. The molecule has 88 heavy (non-hydrogen) atoms. The molecule has 2 aromatic heterocycles. The number of aryl methyl sites for hydroxylation is 3. The van der Waals surface area contributed by atoms with Crippen LogP contribution < -0.4 is 41.5 Å². The molecule has 1 fully saturated rings. The van der Waals surface area contributed by atoms with Crippen LogP contribution in [0.2, 0.25) is 0 Å². The number of carbonyl (C=O) groups excluding carboxylic acids is 4. The van der Waals surface area contributed by atoms with Gasteiger partial charge in [0.25, 0.3) is 5.91 Å². The highest BCUT2D eigenvalue weighted by atomic mass is 32.2. The molecule has 1 unspecified atom stereocenters. The highest BCUT2D eigenvalue weighted by Gasteiger charge is 2.30. The molecular weight excluding hydrogens is 1160 g/mol. The zero-order valence-corrected chi connectivity index (χ0v) is 52.5. The van der Waals surface area contributed by atoms with Crippen LogP contribution in [0, 0.1) is 13.8 Å². The van der Waals surface area contributed by atoms with Crippen LogP contribution in [0.25, 0.3) is 10.9 Å². The van der Waals surface area contributed by atoms with Crippen molar-refractivity contribution in [3.8, 4) is 5.75 Å². The minimum atomic E-state index is -4.45. The summed E-state index contributed by atoms with van der Waals surface area (Å²) in [6.45, 7) is 16.5. The molecule has 1 aliphatic heterocycles. The lowest BCUT2D eigenvalue weighted by Gasteiger charge is -2.32. The number of hydrogen-bond acceptors (Lipinski definition) is 19. The summed E-state index contributed by atoms with van der Waals surface area (Å²) >= 11 is 0. The Morgan fingerprint density at radius 1 is 0.727 bits per heavy atom. The van der Waals surface area contributed by atoms with Crippen molar-refractivity contribution in [2.24, 2.45) is 7.05 Å². The second-order valence-corrected chi connectivity index (χ2v) is 23.2. The number of amides is 4. The van der Waals surface area contributed by atoms with Crippen LogP contribution in [0.15, 0.2) is 58.6 Å². The summed E-state index contributed by atoms with van der Waals surface area (Å²) in [7, 11) is -0.733. The molecule has 28 nitrogen and oxygen atoms in total. The van der Waals surface area contributed by atoms with Gasteiger partial charge in [0.15, 0.2) is 5.95 Å². The minimum absolute atomic E-state index is 0.0643. The number of aliphatic carboxylic acids is 2. The van der Waals surface area contributed by atoms with E-state index in [9.17, 15) is 52.2 Å². The molecule has 4 aromatic rings. The number of nitrogens with zero attached hydrogens (tertiary/aromatic N) is 6. The molecule has 2 atom stereocenters. The van der Waals surface area contributed by atoms with E-state index in [-0.39, 0.29) is 70.8 Å². The standard InChI is InChI=1S/C59H91N13O15S/c1-7-48(66-52(74)40-71-22-20-68(5)19-21-70(8-2)23-24-72(26-25-71)41-53(75)76)57(79)61-16-11-28-85-31-33-86-32-30-84-27-10-15-60-51(73)12-9-29-87-45-34-42(3)55(43(4)35-45)88(82,83)67-49(58(80)81)38-64-56(78)47-39-69(6)50-36-44(13-14-46(50)54(47)77)37-65-59-62-17-18-63-59/h13-14,17-18,34-36,39,48-49,67H,7-12,15-16,19-33,37-38,40-41H2,1-6H3,(H,60,73)(H,61,79)(H,64,78)(H,66,74)(H,75,76)(H,80,81)(H2,62,63,65)/t48-,49?/m1/s1. The Morgan fingerprint density at radius 3 is 1.95 bits per heavy atom. The fourth-order valence-electron chi connectivity index (χ4n) is 9.70. The summed E-state index contributed by atoms with van der Waals surface area (Å²) in [4.78, 5) is 105. The lowest BCUT2D eigenvalue weighted by molar-refractivity contribution is -0.139. The monoisotopic (exact) mass is 1250 g/mol. The van der Waals surface area contributed by atoms with Crippen molar-refractivity contribution in [1.29, 1.82) is 0 Å². The summed E-state index contributed by atoms with van der Waals surface area (Å²) in [5.41, 5.74) is 1.12. The second-order valence-electron chi connectivity index (χ2n) is 21.6. The minimum Gasteiger partial charge on any atom is -0.494 e. The molecule has 4 amide bonds. The number of carbonyl (C=O) groups is 6. The molecule has 5 rings (SSSR count).